The fourth-order valence-electron chi connectivity index (χ4n) is 3.63. The predicted molar refractivity (Wildman–Crippen MR) is 108 cm³/mol. The molecule has 8 heteroatoms. The lowest BCUT2D eigenvalue weighted by Crippen LogP contribution is -2.46. The van der Waals surface area contributed by atoms with Crippen molar-refractivity contribution in [2.75, 3.05) is 17.0 Å². The Kier molecular flexibility index (Phi) is 4.55. The van der Waals surface area contributed by atoms with E-state index in [0.717, 1.165) is 10.5 Å². The highest BCUT2D eigenvalue weighted by Crippen LogP contribution is 2.38. The number of anilines is 2. The summed E-state index contributed by atoms with van der Waals surface area (Å²) < 4.78 is 4.83. The number of ether oxygens (including phenoxy) is 1. The van der Waals surface area contributed by atoms with Gasteiger partial charge in [0.15, 0.2) is 11.7 Å². The maximum absolute atomic E-state index is 13.4. The van der Waals surface area contributed by atoms with Gasteiger partial charge in [-0.05, 0) is 49.2 Å². The molecular weight excluding hydrogens is 394 g/mol. The first-order valence-electron chi connectivity index (χ1n) is 8.93. The Labute approximate surface area is 172 Å². The van der Waals surface area contributed by atoms with Gasteiger partial charge in [0, 0.05) is 5.02 Å². The summed E-state index contributed by atoms with van der Waals surface area (Å²) in [6, 6.07) is 11.4. The van der Waals surface area contributed by atoms with E-state index in [1.807, 2.05) is 25.1 Å². The quantitative estimate of drug-likeness (QED) is 0.618. The molecule has 0 aromatic heterocycles. The minimum absolute atomic E-state index is 0.0421. The molecule has 1 N–H and O–H groups in total. The third-order valence-corrected chi connectivity index (χ3v) is 5.48. The van der Waals surface area contributed by atoms with Crippen molar-refractivity contribution in [3.63, 3.8) is 0 Å². The van der Waals surface area contributed by atoms with Gasteiger partial charge in [0.2, 0.25) is 0 Å². The van der Waals surface area contributed by atoms with Crippen LogP contribution in [-0.4, -0.2) is 30.9 Å². The Morgan fingerprint density at radius 3 is 2.55 bits per heavy atom. The molecule has 2 heterocycles. The second kappa shape index (κ2) is 6.93. The number of amides is 2. The normalized spacial score (nSPS) is 18.3. The third kappa shape index (κ3) is 2.86. The lowest BCUT2D eigenvalue weighted by molar-refractivity contribution is -0.136. The summed E-state index contributed by atoms with van der Waals surface area (Å²) in [6.07, 6.45) is 0. The van der Waals surface area contributed by atoms with E-state index in [1.165, 1.54) is 12.1 Å². The minimum atomic E-state index is -0.989. The fraction of sp³-hybridized carbons (Fsp3) is 0.190. The van der Waals surface area contributed by atoms with Gasteiger partial charge < -0.3 is 4.74 Å². The number of hydrazine groups is 1. The molecule has 2 aromatic rings. The zero-order valence-electron chi connectivity index (χ0n) is 16.0. The minimum Gasteiger partial charge on any atom is -0.464 e. The van der Waals surface area contributed by atoms with E-state index in [9.17, 15) is 14.4 Å². The monoisotopic (exact) mass is 411 g/mol. The molecule has 2 aliphatic heterocycles. The number of carbonyl (C=O) groups excluding carboxylic acids is 3. The molecule has 0 bridgehead atoms. The largest absolute Gasteiger partial charge is 0.464 e. The molecule has 0 saturated carbocycles. The lowest BCUT2D eigenvalue weighted by Gasteiger charge is -2.26. The van der Waals surface area contributed by atoms with Gasteiger partial charge in [-0.3, -0.25) is 20.0 Å². The van der Waals surface area contributed by atoms with Crippen molar-refractivity contribution >= 4 is 40.8 Å². The van der Waals surface area contributed by atoms with E-state index in [0.29, 0.717) is 22.0 Å². The number of hydrogen-bond acceptors (Lipinski definition) is 6. The van der Waals surface area contributed by atoms with Gasteiger partial charge in [0.1, 0.15) is 0 Å². The van der Waals surface area contributed by atoms with Gasteiger partial charge in [-0.2, -0.15) is 0 Å². The Morgan fingerprint density at radius 2 is 1.86 bits per heavy atom. The van der Waals surface area contributed by atoms with Gasteiger partial charge in [-0.15, -0.1) is 0 Å². The summed E-state index contributed by atoms with van der Waals surface area (Å²) in [5.41, 5.74) is 5.52. The number of nitrogens with one attached hydrogen (secondary N) is 1. The predicted octanol–water partition coefficient (Wildman–Crippen LogP) is 2.65. The zero-order valence-corrected chi connectivity index (χ0v) is 16.8. The first-order chi connectivity index (χ1) is 13.8. The van der Waals surface area contributed by atoms with Crippen molar-refractivity contribution in [3.05, 3.63) is 69.9 Å². The average Bonchev–Trinajstić information content (AvgIpc) is 3.21. The summed E-state index contributed by atoms with van der Waals surface area (Å²) in [4.78, 5) is 40.1. The molecule has 29 heavy (non-hydrogen) atoms. The van der Waals surface area contributed by atoms with E-state index < -0.39 is 23.8 Å². The number of esters is 1. The maximum atomic E-state index is 13.4. The van der Waals surface area contributed by atoms with Crippen LogP contribution in [0.5, 0.6) is 0 Å². The molecule has 0 spiro atoms. The van der Waals surface area contributed by atoms with Crippen LogP contribution in [0.3, 0.4) is 0 Å². The molecule has 2 aromatic carbocycles. The van der Waals surface area contributed by atoms with Crippen LogP contribution in [0.4, 0.5) is 11.4 Å². The Hall–Kier alpha value is -3.32. The second-order valence-corrected chi connectivity index (χ2v) is 7.27. The first-order valence-corrected chi connectivity index (χ1v) is 9.31. The third-order valence-electron chi connectivity index (χ3n) is 5.07. The van der Waals surface area contributed by atoms with Crippen molar-refractivity contribution in [1.82, 2.24) is 5.43 Å². The highest BCUT2D eigenvalue weighted by molar-refractivity contribution is 6.35. The van der Waals surface area contributed by atoms with Crippen molar-refractivity contribution in [1.29, 1.82) is 0 Å². The number of nitrogens with zero attached hydrogens (tertiary/aromatic N) is 2. The summed E-state index contributed by atoms with van der Waals surface area (Å²) in [7, 11) is 1.22. The number of imide groups is 1. The second-order valence-electron chi connectivity index (χ2n) is 6.87. The number of aryl methyl sites for hydroxylation is 1. The number of halogens is 1. The van der Waals surface area contributed by atoms with Crippen LogP contribution in [0.1, 0.15) is 11.1 Å². The Morgan fingerprint density at radius 1 is 1.14 bits per heavy atom. The van der Waals surface area contributed by atoms with E-state index in [-0.39, 0.29) is 11.3 Å². The Bertz CT molecular complexity index is 1100. The highest BCUT2D eigenvalue weighted by Gasteiger charge is 2.54. The summed E-state index contributed by atoms with van der Waals surface area (Å²) in [5, 5.41) is 1.96. The summed E-state index contributed by atoms with van der Waals surface area (Å²) >= 11 is 6.19. The van der Waals surface area contributed by atoms with E-state index in [2.05, 4.69) is 5.43 Å². The van der Waals surface area contributed by atoms with Crippen LogP contribution >= 0.6 is 11.6 Å². The number of hydrogen-bond donors (Lipinski definition) is 1. The van der Waals surface area contributed by atoms with Crippen molar-refractivity contribution in [2.24, 2.45) is 0 Å². The van der Waals surface area contributed by atoms with E-state index in [1.54, 1.807) is 31.2 Å². The van der Waals surface area contributed by atoms with Gasteiger partial charge in [0.25, 0.3) is 11.8 Å². The number of rotatable bonds is 3. The molecule has 1 atom stereocenters. The summed E-state index contributed by atoms with van der Waals surface area (Å²) in [6.45, 7) is 3.65. The van der Waals surface area contributed by atoms with Crippen molar-refractivity contribution in [3.8, 4) is 0 Å². The van der Waals surface area contributed by atoms with Gasteiger partial charge in [0.05, 0.1) is 24.1 Å². The fourth-order valence-corrected chi connectivity index (χ4v) is 3.80. The topological polar surface area (TPSA) is 79.0 Å². The van der Waals surface area contributed by atoms with Gasteiger partial charge in [-0.25, -0.2) is 9.69 Å². The zero-order chi connectivity index (χ0) is 20.9. The molecule has 148 valence electrons. The standard InChI is InChI=1S/C21H18ClN3O4/c1-11-6-4-7-13(10-11)25-18-16(17(23-25)21(28)29-3)19(26)24(20(18)27)15-9-5-8-14(22)12(15)2/h4-10,18,23H,1-3H3/t18-/m0/s1. The number of methoxy groups -OCH3 is 1. The van der Waals surface area contributed by atoms with Crippen LogP contribution in [0.2, 0.25) is 5.02 Å². The van der Waals surface area contributed by atoms with Crippen LogP contribution in [0.25, 0.3) is 0 Å². The molecule has 1 saturated heterocycles. The maximum Gasteiger partial charge on any atom is 0.356 e. The molecular formula is C21H18ClN3O4. The molecule has 0 aliphatic carbocycles. The molecule has 1 fully saturated rings. The van der Waals surface area contributed by atoms with Crippen LogP contribution in [-0.2, 0) is 19.1 Å². The number of carbonyl (C=O) groups is 3. The molecule has 2 amide bonds. The van der Waals surface area contributed by atoms with Crippen LogP contribution < -0.4 is 15.3 Å². The van der Waals surface area contributed by atoms with Crippen LogP contribution in [0, 0.1) is 13.8 Å². The van der Waals surface area contributed by atoms with Gasteiger partial charge >= 0.3 is 5.97 Å². The Balaban J connectivity index is 1.86. The first kappa shape index (κ1) is 19.0. The molecule has 0 radical (unpaired) electrons. The smallest absolute Gasteiger partial charge is 0.356 e. The van der Waals surface area contributed by atoms with E-state index in [4.69, 9.17) is 16.3 Å². The number of benzene rings is 2. The van der Waals surface area contributed by atoms with Crippen molar-refractivity contribution < 1.29 is 19.1 Å². The van der Waals surface area contributed by atoms with E-state index >= 15 is 0 Å². The summed E-state index contributed by atoms with van der Waals surface area (Å²) in [5.74, 6) is -1.76. The number of fused-ring (bicyclic) bond motifs is 1. The molecule has 4 rings (SSSR count). The highest BCUT2D eigenvalue weighted by atomic mass is 35.5. The van der Waals surface area contributed by atoms with Gasteiger partial charge in [-0.1, -0.05) is 29.8 Å². The van der Waals surface area contributed by atoms with Crippen molar-refractivity contribution in [2.45, 2.75) is 19.9 Å². The van der Waals surface area contributed by atoms with Crippen LogP contribution in [0.15, 0.2) is 53.7 Å². The molecule has 0 unspecified atom stereocenters. The average molecular weight is 412 g/mol. The lowest BCUT2D eigenvalue weighted by atomic mass is 10.1. The molecule has 2 aliphatic rings. The SMILES string of the molecule is COC(=O)C1=C2C(=O)N(c3cccc(Cl)c3C)C(=O)[C@H]2N(c2cccc(C)c2)N1. The molecule has 7 nitrogen and oxygen atoms in total.